The number of carbonyl (C=O) groups excluding carboxylic acids is 5. The van der Waals surface area contributed by atoms with Gasteiger partial charge in [-0.05, 0) is 22.3 Å². The Kier molecular flexibility index (Phi) is 6.62. The average Bonchev–Trinajstić information content (AvgIpc) is 3.44. The molecule has 0 saturated carbocycles. The zero-order chi connectivity index (χ0) is 29.3. The largest absolute Gasteiger partial charge is 0.560 e. The van der Waals surface area contributed by atoms with Gasteiger partial charge in [0, 0.05) is 0 Å². The van der Waals surface area contributed by atoms with E-state index >= 15 is 0 Å². The first-order valence-corrected chi connectivity index (χ1v) is 13.2. The molecule has 42 heavy (non-hydrogen) atoms. The minimum Gasteiger partial charge on any atom is -0.293 e. The molecule has 2 saturated heterocycles. The lowest BCUT2D eigenvalue weighted by atomic mass is 9.73. The molecule has 0 bridgehead atoms. The van der Waals surface area contributed by atoms with Crippen LogP contribution in [0.4, 0.5) is 4.79 Å². The van der Waals surface area contributed by atoms with Gasteiger partial charge < -0.3 is 0 Å². The Morgan fingerprint density at radius 1 is 0.476 bits per heavy atom. The van der Waals surface area contributed by atoms with Gasteiger partial charge in [-0.1, -0.05) is 131 Å². The zero-order valence-corrected chi connectivity index (χ0v) is 22.2. The van der Waals surface area contributed by atoms with E-state index in [-0.39, 0.29) is 12.8 Å². The first-order chi connectivity index (χ1) is 20.4. The summed E-state index contributed by atoms with van der Waals surface area (Å²) >= 11 is 0. The normalized spacial score (nSPS) is 17.4. The summed E-state index contributed by atoms with van der Waals surface area (Å²) in [5, 5.41) is 0.685. The van der Waals surface area contributed by atoms with Crippen molar-refractivity contribution in [2.45, 2.75) is 23.7 Å². The van der Waals surface area contributed by atoms with Crippen LogP contribution < -0.4 is 0 Å². The van der Waals surface area contributed by atoms with Crippen LogP contribution in [0.25, 0.3) is 0 Å². The number of amides is 4. The van der Waals surface area contributed by atoms with Crippen molar-refractivity contribution >= 4 is 29.8 Å². The second-order valence-corrected chi connectivity index (χ2v) is 10.0. The number of nitrogens with zero attached hydrogens (tertiary/aromatic N) is 2. The van der Waals surface area contributed by atoms with E-state index in [4.69, 9.17) is 9.68 Å². The van der Waals surface area contributed by atoms with E-state index in [1.807, 2.05) is 0 Å². The Bertz CT molecular complexity index is 1470. The number of rotatable bonds is 6. The van der Waals surface area contributed by atoms with Crippen molar-refractivity contribution in [2.75, 3.05) is 0 Å². The quantitative estimate of drug-likeness (QED) is 0.320. The maximum absolute atomic E-state index is 13.8. The molecular formula is C33H24N2O7. The summed E-state index contributed by atoms with van der Waals surface area (Å²) in [6.07, 6.45) is -2.19. The number of hydroxylamine groups is 4. The van der Waals surface area contributed by atoms with Crippen molar-refractivity contribution in [1.29, 1.82) is 0 Å². The molecule has 4 aromatic rings. The Balaban J connectivity index is 1.28. The highest BCUT2D eigenvalue weighted by Crippen LogP contribution is 2.44. The van der Waals surface area contributed by atoms with Gasteiger partial charge in [-0.15, -0.1) is 0 Å². The topological polar surface area (TPSA) is 110 Å². The minimum absolute atomic E-state index is 0.306. The third kappa shape index (κ3) is 4.14. The van der Waals surface area contributed by atoms with Gasteiger partial charge in [-0.25, -0.2) is 0 Å². The molecule has 0 unspecified atom stereocenters. The van der Waals surface area contributed by atoms with E-state index in [1.165, 1.54) is 0 Å². The third-order valence-corrected chi connectivity index (χ3v) is 7.78. The fourth-order valence-electron chi connectivity index (χ4n) is 5.80. The van der Waals surface area contributed by atoms with Crippen LogP contribution in [0.15, 0.2) is 121 Å². The van der Waals surface area contributed by atoms with Gasteiger partial charge in [-0.3, -0.25) is 28.9 Å². The fraction of sp³-hybridized carbons (Fsp3) is 0.121. The van der Waals surface area contributed by atoms with E-state index < -0.39 is 40.6 Å². The summed E-state index contributed by atoms with van der Waals surface area (Å²) in [6, 6.07) is 34.8. The van der Waals surface area contributed by atoms with Crippen LogP contribution in [0.1, 0.15) is 35.1 Å². The van der Waals surface area contributed by atoms with Crippen LogP contribution >= 0.6 is 0 Å². The maximum atomic E-state index is 13.8. The molecule has 6 rings (SSSR count). The van der Waals surface area contributed by atoms with Crippen LogP contribution in [0.3, 0.4) is 0 Å². The van der Waals surface area contributed by atoms with Gasteiger partial charge in [0.1, 0.15) is 10.8 Å². The highest BCUT2D eigenvalue weighted by molar-refractivity contribution is 6.12. The molecule has 2 fully saturated rings. The Morgan fingerprint density at radius 2 is 0.738 bits per heavy atom. The summed E-state index contributed by atoms with van der Waals surface area (Å²) < 4.78 is 0. The molecular weight excluding hydrogens is 536 g/mol. The third-order valence-electron chi connectivity index (χ3n) is 7.78. The van der Waals surface area contributed by atoms with Gasteiger partial charge in [-0.2, -0.15) is 4.79 Å². The lowest BCUT2D eigenvalue weighted by molar-refractivity contribution is -0.199. The first kappa shape index (κ1) is 26.6. The first-order valence-electron chi connectivity index (χ1n) is 13.2. The molecule has 9 heteroatoms. The van der Waals surface area contributed by atoms with Crippen molar-refractivity contribution in [3.05, 3.63) is 144 Å². The van der Waals surface area contributed by atoms with Gasteiger partial charge >= 0.3 is 6.16 Å². The summed E-state index contributed by atoms with van der Waals surface area (Å²) in [4.78, 5) is 77.1. The molecule has 208 valence electrons. The standard InChI is InChI=1S/C33H24N2O7/c36-27-21-32(23-13-5-1-6-14-23,24-15-7-2-8-16-24)29(38)34(27)41-31(40)42-35-28(37)22-33(30(35)39,25-17-9-3-10-18-25)26-19-11-4-12-20-26/h1-20H,21-22H2. The molecule has 0 spiro atoms. The lowest BCUT2D eigenvalue weighted by Gasteiger charge is -2.28. The Labute approximate surface area is 240 Å². The number of imide groups is 2. The highest BCUT2D eigenvalue weighted by atomic mass is 16.9. The van der Waals surface area contributed by atoms with Gasteiger partial charge in [0.15, 0.2) is 0 Å². The van der Waals surface area contributed by atoms with Crippen LogP contribution in [0.5, 0.6) is 0 Å². The summed E-state index contributed by atoms with van der Waals surface area (Å²) in [5.41, 5.74) is -0.753. The molecule has 2 aliphatic heterocycles. The predicted molar refractivity (Wildman–Crippen MR) is 148 cm³/mol. The number of benzene rings is 4. The number of carbonyl (C=O) groups is 5. The van der Waals surface area contributed by atoms with Crippen molar-refractivity contribution in [2.24, 2.45) is 0 Å². The molecule has 0 N–H and O–H groups in total. The second-order valence-electron chi connectivity index (χ2n) is 10.0. The van der Waals surface area contributed by atoms with Gasteiger partial charge in [0.05, 0.1) is 12.8 Å². The van der Waals surface area contributed by atoms with Gasteiger partial charge in [0.2, 0.25) is 0 Å². The molecule has 4 aromatic carbocycles. The lowest BCUT2D eigenvalue weighted by Crippen LogP contribution is -2.43. The monoisotopic (exact) mass is 560 g/mol. The van der Waals surface area contributed by atoms with Crippen molar-refractivity contribution < 1.29 is 33.6 Å². The van der Waals surface area contributed by atoms with E-state index in [2.05, 4.69) is 0 Å². The van der Waals surface area contributed by atoms with Crippen LogP contribution in [0.2, 0.25) is 0 Å². The molecule has 9 nitrogen and oxygen atoms in total. The van der Waals surface area contributed by atoms with E-state index in [0.29, 0.717) is 32.4 Å². The minimum atomic E-state index is -1.58. The van der Waals surface area contributed by atoms with Crippen LogP contribution in [-0.4, -0.2) is 39.9 Å². The van der Waals surface area contributed by atoms with Crippen molar-refractivity contribution in [3.63, 3.8) is 0 Å². The number of hydrogen-bond acceptors (Lipinski definition) is 7. The second kappa shape index (κ2) is 10.4. The molecule has 0 aliphatic carbocycles. The smallest absolute Gasteiger partial charge is 0.293 e. The molecule has 0 radical (unpaired) electrons. The van der Waals surface area contributed by atoms with Gasteiger partial charge in [0.25, 0.3) is 23.6 Å². The predicted octanol–water partition coefficient (Wildman–Crippen LogP) is 4.46. The maximum Gasteiger partial charge on any atom is 0.560 e. The molecule has 2 heterocycles. The number of hydrogen-bond donors (Lipinski definition) is 0. The Hall–Kier alpha value is -5.57. The van der Waals surface area contributed by atoms with E-state index in [9.17, 15) is 24.0 Å². The van der Waals surface area contributed by atoms with Crippen LogP contribution in [-0.2, 0) is 39.7 Å². The SMILES string of the molecule is O=C(ON1C(=O)CC(c2ccccc2)(c2ccccc2)C1=O)ON1C(=O)CC(c2ccccc2)(c2ccccc2)C1=O. The average molecular weight is 561 g/mol. The summed E-state index contributed by atoms with van der Waals surface area (Å²) in [6.45, 7) is 0. The molecule has 4 amide bonds. The fourth-order valence-corrected chi connectivity index (χ4v) is 5.80. The summed E-state index contributed by atoms with van der Waals surface area (Å²) in [5.74, 6) is -3.18. The van der Waals surface area contributed by atoms with Crippen molar-refractivity contribution in [1.82, 2.24) is 10.1 Å². The van der Waals surface area contributed by atoms with Crippen LogP contribution in [0, 0.1) is 0 Å². The molecule has 2 aliphatic rings. The Morgan fingerprint density at radius 3 is 1.00 bits per heavy atom. The van der Waals surface area contributed by atoms with E-state index in [1.54, 1.807) is 121 Å². The van der Waals surface area contributed by atoms with Crippen molar-refractivity contribution in [3.8, 4) is 0 Å². The highest BCUT2D eigenvalue weighted by Gasteiger charge is 2.58. The zero-order valence-electron chi connectivity index (χ0n) is 22.2. The van der Waals surface area contributed by atoms with E-state index in [0.717, 1.165) is 0 Å². The molecule has 0 aromatic heterocycles. The molecule has 0 atom stereocenters. The summed E-state index contributed by atoms with van der Waals surface area (Å²) in [7, 11) is 0.